The predicted octanol–water partition coefficient (Wildman–Crippen LogP) is 0.987. The van der Waals surface area contributed by atoms with Gasteiger partial charge in [0.05, 0.1) is 30.0 Å². The van der Waals surface area contributed by atoms with Crippen molar-refractivity contribution in [2.75, 3.05) is 11.1 Å². The van der Waals surface area contributed by atoms with E-state index in [0.717, 1.165) is 16.9 Å². The van der Waals surface area contributed by atoms with Gasteiger partial charge in [-0.15, -0.1) is 15.3 Å². The second-order valence-electron chi connectivity index (χ2n) is 5.40. The first-order valence-corrected chi connectivity index (χ1v) is 7.46. The third kappa shape index (κ3) is 2.51. The number of fused-ring (bicyclic) bond motifs is 1. The molecule has 0 saturated heterocycles. The van der Waals surface area contributed by atoms with Gasteiger partial charge in [-0.2, -0.15) is 0 Å². The molecule has 11 heteroatoms. The summed E-state index contributed by atoms with van der Waals surface area (Å²) in [6.45, 7) is 1.78. The largest absolute Gasteiger partial charge is 0.381 e. The van der Waals surface area contributed by atoms with Gasteiger partial charge in [0, 0.05) is 6.20 Å². The minimum atomic E-state index is -0.593. The van der Waals surface area contributed by atoms with E-state index in [1.54, 1.807) is 23.8 Å². The number of amides is 1. The number of anilines is 2. The molecule has 0 spiro atoms. The first-order chi connectivity index (χ1) is 12.5. The van der Waals surface area contributed by atoms with Crippen molar-refractivity contribution in [2.45, 2.75) is 6.92 Å². The van der Waals surface area contributed by atoms with Crippen molar-refractivity contribution in [3.8, 4) is 5.69 Å². The van der Waals surface area contributed by atoms with Gasteiger partial charge in [-0.25, -0.2) is 13.9 Å². The number of nitrogens with two attached hydrogens (primary N) is 1. The lowest BCUT2D eigenvalue weighted by molar-refractivity contribution is 0.102. The average molecular weight is 353 g/mol. The zero-order valence-corrected chi connectivity index (χ0v) is 13.5. The monoisotopic (exact) mass is 353 g/mol. The summed E-state index contributed by atoms with van der Waals surface area (Å²) in [5.41, 5.74) is 7.05. The van der Waals surface area contributed by atoms with Gasteiger partial charge >= 0.3 is 0 Å². The molecule has 3 N–H and O–H groups in total. The van der Waals surface area contributed by atoms with Crippen molar-refractivity contribution in [2.24, 2.45) is 0 Å². The molecule has 4 heterocycles. The number of aromatic nitrogens is 7. The van der Waals surface area contributed by atoms with E-state index in [9.17, 15) is 9.18 Å². The molecule has 26 heavy (non-hydrogen) atoms. The second kappa shape index (κ2) is 5.88. The molecule has 0 aliphatic heterocycles. The molecule has 0 aliphatic rings. The van der Waals surface area contributed by atoms with Crippen LogP contribution in [0.3, 0.4) is 0 Å². The molecule has 0 radical (unpaired) electrons. The van der Waals surface area contributed by atoms with E-state index in [-0.39, 0.29) is 17.0 Å². The number of pyridine rings is 1. The Morgan fingerprint density at radius 1 is 1.35 bits per heavy atom. The van der Waals surface area contributed by atoms with Crippen molar-refractivity contribution in [1.82, 2.24) is 34.3 Å². The lowest BCUT2D eigenvalue weighted by Gasteiger charge is -2.11. The van der Waals surface area contributed by atoms with E-state index in [4.69, 9.17) is 5.73 Å². The fourth-order valence-corrected chi connectivity index (χ4v) is 2.55. The van der Waals surface area contributed by atoms with Gasteiger partial charge in [0.25, 0.3) is 5.91 Å². The molecule has 1 amide bonds. The van der Waals surface area contributed by atoms with Crippen molar-refractivity contribution in [3.63, 3.8) is 0 Å². The van der Waals surface area contributed by atoms with Gasteiger partial charge in [0.2, 0.25) is 0 Å². The average Bonchev–Trinajstić information content (AvgIpc) is 3.17. The van der Waals surface area contributed by atoms with Gasteiger partial charge in [0.15, 0.2) is 17.3 Å². The summed E-state index contributed by atoms with van der Waals surface area (Å²) in [5, 5.41) is 14.4. The van der Waals surface area contributed by atoms with Crippen molar-refractivity contribution in [3.05, 3.63) is 54.4 Å². The summed E-state index contributed by atoms with van der Waals surface area (Å²) in [6, 6.07) is 1.71. The van der Waals surface area contributed by atoms with E-state index in [2.05, 4.69) is 30.6 Å². The number of nitrogen functional groups attached to an aromatic ring is 1. The van der Waals surface area contributed by atoms with Crippen LogP contribution in [0.15, 0.2) is 37.2 Å². The van der Waals surface area contributed by atoms with Crippen molar-refractivity contribution < 1.29 is 9.18 Å². The zero-order valence-electron chi connectivity index (χ0n) is 13.5. The van der Waals surface area contributed by atoms with Crippen LogP contribution >= 0.6 is 0 Å². The van der Waals surface area contributed by atoms with Gasteiger partial charge in [0.1, 0.15) is 17.7 Å². The highest BCUT2D eigenvalue weighted by Crippen LogP contribution is 2.23. The summed E-state index contributed by atoms with van der Waals surface area (Å²) in [6.07, 6.45) is 6.67. The molecule has 10 nitrogen and oxygen atoms in total. The SMILES string of the molecule is Cc1nncn1-c1ccncc1NC(=O)c1c(N)nn2cc(F)cnc12. The van der Waals surface area contributed by atoms with Crippen LogP contribution in [0.1, 0.15) is 16.2 Å². The number of nitrogens with one attached hydrogen (secondary N) is 1. The molecule has 0 fully saturated rings. The quantitative estimate of drug-likeness (QED) is 0.562. The van der Waals surface area contributed by atoms with Crippen molar-refractivity contribution in [1.29, 1.82) is 0 Å². The van der Waals surface area contributed by atoms with Crippen LogP contribution in [0.4, 0.5) is 15.9 Å². The predicted molar refractivity (Wildman–Crippen MR) is 89.2 cm³/mol. The summed E-state index contributed by atoms with van der Waals surface area (Å²) in [4.78, 5) is 20.7. The Bertz CT molecular complexity index is 1130. The van der Waals surface area contributed by atoms with Gasteiger partial charge < -0.3 is 11.1 Å². The number of halogens is 1. The molecule has 4 aromatic heterocycles. The van der Waals surface area contributed by atoms with E-state index in [0.29, 0.717) is 17.2 Å². The van der Waals surface area contributed by atoms with Crippen molar-refractivity contribution >= 4 is 23.1 Å². The van der Waals surface area contributed by atoms with Crippen LogP contribution in [0.25, 0.3) is 11.3 Å². The molecule has 4 rings (SSSR count). The Hall–Kier alpha value is -3.89. The maximum atomic E-state index is 13.3. The molecular weight excluding hydrogens is 341 g/mol. The fourth-order valence-electron chi connectivity index (χ4n) is 2.55. The standard InChI is InChI=1S/C15H12FN9O/c1-8-22-20-7-24(8)11-2-3-18-5-10(11)21-15(26)12-13(17)23-25-6-9(16)4-19-14(12)25/h2-7H,1H3,(H2,17,23)(H,21,26). The van der Waals surface area contributed by atoms with Crippen LogP contribution in [0.5, 0.6) is 0 Å². The van der Waals surface area contributed by atoms with Crippen LogP contribution in [-0.2, 0) is 0 Å². The molecule has 0 bridgehead atoms. The molecule has 0 atom stereocenters. The molecule has 130 valence electrons. The molecule has 4 aromatic rings. The Balaban J connectivity index is 1.75. The lowest BCUT2D eigenvalue weighted by atomic mass is 10.2. The molecular formula is C15H12FN9O. The summed E-state index contributed by atoms with van der Waals surface area (Å²) < 4.78 is 16.1. The van der Waals surface area contributed by atoms with E-state index in [1.807, 2.05) is 0 Å². The zero-order chi connectivity index (χ0) is 18.3. The van der Waals surface area contributed by atoms with Crippen LogP contribution in [0.2, 0.25) is 0 Å². The van der Waals surface area contributed by atoms with E-state index < -0.39 is 11.7 Å². The second-order valence-corrected chi connectivity index (χ2v) is 5.40. The van der Waals surface area contributed by atoms with Crippen LogP contribution < -0.4 is 11.1 Å². The third-order valence-electron chi connectivity index (χ3n) is 3.72. The molecule has 0 unspecified atom stereocenters. The highest BCUT2D eigenvalue weighted by molar-refractivity contribution is 6.12. The number of hydrogen-bond donors (Lipinski definition) is 2. The maximum Gasteiger partial charge on any atom is 0.263 e. The Morgan fingerprint density at radius 2 is 2.19 bits per heavy atom. The molecule has 0 aromatic carbocycles. The van der Waals surface area contributed by atoms with Gasteiger partial charge in [-0.1, -0.05) is 0 Å². The topological polar surface area (TPSA) is 129 Å². The lowest BCUT2D eigenvalue weighted by Crippen LogP contribution is -2.16. The Labute approximate surface area is 145 Å². The first-order valence-electron chi connectivity index (χ1n) is 7.46. The van der Waals surface area contributed by atoms with E-state index >= 15 is 0 Å². The summed E-state index contributed by atoms with van der Waals surface area (Å²) >= 11 is 0. The number of aryl methyl sites for hydroxylation is 1. The normalized spacial score (nSPS) is 11.0. The van der Waals surface area contributed by atoms with E-state index in [1.165, 1.54) is 12.5 Å². The first kappa shape index (κ1) is 15.6. The number of carbonyl (C=O) groups excluding carboxylic acids is 1. The fraction of sp³-hybridized carbons (Fsp3) is 0.0667. The summed E-state index contributed by atoms with van der Waals surface area (Å²) in [5.74, 6) is -0.563. The Kier molecular flexibility index (Phi) is 3.53. The highest BCUT2D eigenvalue weighted by Gasteiger charge is 2.21. The van der Waals surface area contributed by atoms with Gasteiger partial charge in [-0.3, -0.25) is 14.3 Å². The Morgan fingerprint density at radius 3 is 2.96 bits per heavy atom. The minimum absolute atomic E-state index is 0.0419. The number of carbonyl (C=O) groups is 1. The maximum absolute atomic E-state index is 13.3. The number of nitrogens with zero attached hydrogens (tertiary/aromatic N) is 7. The summed E-state index contributed by atoms with van der Waals surface area (Å²) in [7, 11) is 0. The van der Waals surface area contributed by atoms with Gasteiger partial charge in [-0.05, 0) is 13.0 Å². The smallest absolute Gasteiger partial charge is 0.263 e. The van der Waals surface area contributed by atoms with Crippen LogP contribution in [0, 0.1) is 12.7 Å². The molecule has 0 aliphatic carbocycles. The third-order valence-corrected chi connectivity index (χ3v) is 3.72. The number of hydrogen-bond acceptors (Lipinski definition) is 7. The number of rotatable bonds is 3. The molecule has 0 saturated carbocycles. The van der Waals surface area contributed by atoms with Crippen LogP contribution in [-0.4, -0.2) is 40.3 Å². The minimum Gasteiger partial charge on any atom is -0.381 e. The highest BCUT2D eigenvalue weighted by atomic mass is 19.1.